The molecule has 1 aromatic carbocycles. The number of thiazole rings is 1. The maximum absolute atomic E-state index is 11.9. The van der Waals surface area contributed by atoms with Crippen LogP contribution >= 0.6 is 11.3 Å². The fourth-order valence-electron chi connectivity index (χ4n) is 1.88. The zero-order valence-corrected chi connectivity index (χ0v) is 12.5. The molecule has 112 valence electrons. The summed E-state index contributed by atoms with van der Waals surface area (Å²) in [6, 6.07) is 7.14. The van der Waals surface area contributed by atoms with Gasteiger partial charge in [-0.05, 0) is 12.1 Å². The van der Waals surface area contributed by atoms with Crippen molar-refractivity contribution < 1.29 is 14.3 Å². The molecule has 0 radical (unpaired) electrons. The molecule has 0 unspecified atom stereocenters. The second-order valence-corrected chi connectivity index (χ2v) is 5.25. The Morgan fingerprint density at radius 1 is 1.36 bits per heavy atom. The van der Waals surface area contributed by atoms with Crippen molar-refractivity contribution >= 4 is 34.7 Å². The average Bonchev–Trinajstić information content (AvgIpc) is 3.05. The lowest BCUT2D eigenvalue weighted by Gasteiger charge is -2.19. The zero-order valence-electron chi connectivity index (χ0n) is 11.6. The lowest BCUT2D eigenvalue weighted by atomic mass is 10.1. The van der Waals surface area contributed by atoms with E-state index < -0.39 is 6.09 Å². The van der Waals surface area contributed by atoms with E-state index >= 15 is 0 Å². The smallest absolute Gasteiger partial charge is 0.430 e. The van der Waals surface area contributed by atoms with Crippen LogP contribution in [0.5, 0.6) is 0 Å². The van der Waals surface area contributed by atoms with Gasteiger partial charge in [0.2, 0.25) is 0 Å². The van der Waals surface area contributed by atoms with Crippen molar-refractivity contribution in [3.63, 3.8) is 0 Å². The number of aromatic nitrogens is 1. The SMILES string of the molecule is CN1N=C(c2ccc(NC(=O)c3cscn3)cc2)COC1=O. The normalized spacial score (nSPS) is 14.3. The molecule has 0 spiro atoms. The third-order valence-electron chi connectivity index (χ3n) is 3.01. The van der Waals surface area contributed by atoms with Crippen LogP contribution in [0.4, 0.5) is 10.5 Å². The molecule has 8 heteroatoms. The van der Waals surface area contributed by atoms with Gasteiger partial charge in [0.25, 0.3) is 5.91 Å². The second-order valence-electron chi connectivity index (χ2n) is 4.53. The van der Waals surface area contributed by atoms with Gasteiger partial charge >= 0.3 is 6.09 Å². The number of anilines is 1. The Morgan fingerprint density at radius 3 is 2.77 bits per heavy atom. The maximum Gasteiger partial charge on any atom is 0.430 e. The molecule has 0 saturated carbocycles. The summed E-state index contributed by atoms with van der Waals surface area (Å²) in [6.45, 7) is 0.133. The van der Waals surface area contributed by atoms with Gasteiger partial charge in [0.15, 0.2) is 0 Å². The molecule has 2 amide bonds. The van der Waals surface area contributed by atoms with Crippen LogP contribution in [0.2, 0.25) is 0 Å². The number of hydrazone groups is 1. The summed E-state index contributed by atoms with van der Waals surface area (Å²) in [4.78, 5) is 27.0. The van der Waals surface area contributed by atoms with Crippen LogP contribution in [0.1, 0.15) is 16.1 Å². The monoisotopic (exact) mass is 316 g/mol. The molecule has 0 saturated heterocycles. The van der Waals surface area contributed by atoms with Crippen molar-refractivity contribution in [2.24, 2.45) is 5.10 Å². The van der Waals surface area contributed by atoms with E-state index in [0.717, 1.165) is 10.6 Å². The van der Waals surface area contributed by atoms with Crippen LogP contribution in [0.3, 0.4) is 0 Å². The summed E-state index contributed by atoms with van der Waals surface area (Å²) in [7, 11) is 1.53. The van der Waals surface area contributed by atoms with Crippen molar-refractivity contribution in [3.05, 3.63) is 46.4 Å². The molecule has 1 aliphatic rings. The highest BCUT2D eigenvalue weighted by atomic mass is 32.1. The van der Waals surface area contributed by atoms with Crippen LogP contribution in [0, 0.1) is 0 Å². The Kier molecular flexibility index (Phi) is 3.84. The Morgan fingerprint density at radius 2 is 2.14 bits per heavy atom. The zero-order chi connectivity index (χ0) is 15.5. The molecule has 0 atom stereocenters. The van der Waals surface area contributed by atoms with Crippen LogP contribution in [0.15, 0.2) is 40.3 Å². The molecule has 2 heterocycles. The van der Waals surface area contributed by atoms with Gasteiger partial charge in [0.05, 0.1) is 5.51 Å². The summed E-state index contributed by atoms with van der Waals surface area (Å²) < 4.78 is 4.98. The minimum absolute atomic E-state index is 0.133. The van der Waals surface area contributed by atoms with Crippen LogP contribution < -0.4 is 5.32 Å². The molecule has 1 aromatic heterocycles. The molecule has 0 aliphatic carbocycles. The van der Waals surface area contributed by atoms with Gasteiger partial charge in [-0.15, -0.1) is 11.3 Å². The van der Waals surface area contributed by atoms with Crippen molar-refractivity contribution in [3.8, 4) is 0 Å². The van der Waals surface area contributed by atoms with E-state index in [1.54, 1.807) is 23.0 Å². The average molecular weight is 316 g/mol. The number of hydrogen-bond acceptors (Lipinski definition) is 6. The van der Waals surface area contributed by atoms with Crippen LogP contribution in [-0.4, -0.2) is 41.4 Å². The number of carbonyl (C=O) groups is 2. The Hall–Kier alpha value is -2.74. The lowest BCUT2D eigenvalue weighted by molar-refractivity contribution is 0.102. The predicted molar refractivity (Wildman–Crippen MR) is 82.2 cm³/mol. The van der Waals surface area contributed by atoms with E-state index in [1.807, 2.05) is 12.1 Å². The third kappa shape index (κ3) is 2.96. The second kappa shape index (κ2) is 5.94. The summed E-state index contributed by atoms with van der Waals surface area (Å²) in [5.74, 6) is -0.252. The van der Waals surface area contributed by atoms with Gasteiger partial charge in [-0.2, -0.15) is 5.10 Å². The summed E-state index contributed by atoms with van der Waals surface area (Å²) in [6.07, 6.45) is -0.476. The first-order valence-electron chi connectivity index (χ1n) is 6.41. The third-order valence-corrected chi connectivity index (χ3v) is 3.59. The summed E-state index contributed by atoms with van der Waals surface area (Å²) in [5.41, 5.74) is 4.13. The van der Waals surface area contributed by atoms with Gasteiger partial charge in [0, 0.05) is 23.7 Å². The molecular formula is C14H12N4O3S. The quantitative estimate of drug-likeness (QED) is 0.940. The van der Waals surface area contributed by atoms with E-state index in [9.17, 15) is 9.59 Å². The van der Waals surface area contributed by atoms with Crippen molar-refractivity contribution in [2.75, 3.05) is 19.0 Å². The number of amides is 2. The number of cyclic esters (lactones) is 1. The molecule has 0 fully saturated rings. The minimum Gasteiger partial charge on any atom is -0.442 e. The first-order valence-corrected chi connectivity index (χ1v) is 7.36. The number of nitrogens with one attached hydrogen (secondary N) is 1. The van der Waals surface area contributed by atoms with Gasteiger partial charge in [-0.1, -0.05) is 12.1 Å². The first kappa shape index (κ1) is 14.2. The molecule has 3 rings (SSSR count). The van der Waals surface area contributed by atoms with Gasteiger partial charge in [-0.3, -0.25) is 4.79 Å². The summed E-state index contributed by atoms with van der Waals surface area (Å²) >= 11 is 1.37. The van der Waals surface area contributed by atoms with Crippen molar-refractivity contribution in [1.29, 1.82) is 0 Å². The molecule has 0 bridgehead atoms. The number of benzene rings is 1. The fourth-order valence-corrected chi connectivity index (χ4v) is 2.41. The highest BCUT2D eigenvalue weighted by Crippen LogP contribution is 2.14. The summed E-state index contributed by atoms with van der Waals surface area (Å²) in [5, 5.41) is 9.74. The standard InChI is InChI=1S/C14H12N4O3S/c1-18-14(20)21-6-11(17-18)9-2-4-10(5-3-9)16-13(19)12-7-22-8-15-12/h2-5,7-8H,6H2,1H3,(H,16,19). The first-order chi connectivity index (χ1) is 10.6. The highest BCUT2D eigenvalue weighted by molar-refractivity contribution is 7.07. The van der Waals surface area contributed by atoms with E-state index in [4.69, 9.17) is 4.74 Å². The number of carbonyl (C=O) groups excluding carboxylic acids is 2. The van der Waals surface area contributed by atoms with Crippen molar-refractivity contribution in [2.45, 2.75) is 0 Å². The number of nitrogens with zero attached hydrogens (tertiary/aromatic N) is 3. The molecular weight excluding hydrogens is 304 g/mol. The minimum atomic E-state index is -0.476. The highest BCUT2D eigenvalue weighted by Gasteiger charge is 2.19. The van der Waals surface area contributed by atoms with Crippen molar-refractivity contribution in [1.82, 2.24) is 9.99 Å². The largest absolute Gasteiger partial charge is 0.442 e. The van der Waals surface area contributed by atoms with Gasteiger partial charge in [-0.25, -0.2) is 14.8 Å². The Bertz CT molecular complexity index is 725. The van der Waals surface area contributed by atoms with Crippen LogP contribution in [-0.2, 0) is 4.74 Å². The van der Waals surface area contributed by atoms with E-state index in [0.29, 0.717) is 17.1 Å². The lowest BCUT2D eigenvalue weighted by Crippen LogP contribution is -2.32. The Labute approximate surface area is 130 Å². The molecule has 7 nitrogen and oxygen atoms in total. The molecule has 1 aliphatic heterocycles. The van der Waals surface area contributed by atoms with E-state index in [2.05, 4.69) is 15.4 Å². The van der Waals surface area contributed by atoms with Gasteiger partial charge < -0.3 is 10.1 Å². The Balaban J connectivity index is 1.72. The van der Waals surface area contributed by atoms with Crippen LogP contribution in [0.25, 0.3) is 0 Å². The number of rotatable bonds is 3. The topological polar surface area (TPSA) is 83.9 Å². The predicted octanol–water partition coefficient (Wildman–Crippen LogP) is 2.18. The number of ether oxygens (including phenoxy) is 1. The van der Waals surface area contributed by atoms with E-state index in [-0.39, 0.29) is 12.5 Å². The molecule has 1 N–H and O–H groups in total. The molecule has 22 heavy (non-hydrogen) atoms. The molecule has 2 aromatic rings. The fraction of sp³-hybridized carbons (Fsp3) is 0.143. The van der Waals surface area contributed by atoms with Gasteiger partial charge in [0.1, 0.15) is 18.0 Å². The maximum atomic E-state index is 11.9. The van der Waals surface area contributed by atoms with E-state index in [1.165, 1.54) is 18.4 Å². The number of hydrogen-bond donors (Lipinski definition) is 1.